The fraction of sp³-hybridized carbons (Fsp3) is 0.375. The third-order valence-electron chi connectivity index (χ3n) is 3.87. The number of amides is 1. The monoisotopic (exact) mass is 254 g/mol. The number of rotatable bonds is 3. The van der Waals surface area contributed by atoms with Gasteiger partial charge in [0.15, 0.2) is 0 Å². The van der Waals surface area contributed by atoms with E-state index in [-0.39, 0.29) is 5.91 Å². The number of fused-ring (bicyclic) bond motifs is 1. The second-order valence-electron chi connectivity index (χ2n) is 5.28. The molecule has 0 unspecified atom stereocenters. The molecule has 0 aliphatic heterocycles. The molecule has 1 aromatic heterocycles. The number of anilines is 1. The third-order valence-corrected chi connectivity index (χ3v) is 3.87. The summed E-state index contributed by atoms with van der Waals surface area (Å²) >= 11 is 0. The summed E-state index contributed by atoms with van der Waals surface area (Å²) in [4.78, 5) is 16.4. The Morgan fingerprint density at radius 1 is 1.21 bits per heavy atom. The van der Waals surface area contributed by atoms with Gasteiger partial charge in [-0.1, -0.05) is 18.9 Å². The van der Waals surface area contributed by atoms with Crippen molar-refractivity contribution in [1.29, 1.82) is 0 Å². The molecular weight excluding hydrogens is 236 g/mol. The van der Waals surface area contributed by atoms with E-state index in [2.05, 4.69) is 10.3 Å². The molecular formula is C16H18N2O. The zero-order valence-corrected chi connectivity index (χ0v) is 10.9. The van der Waals surface area contributed by atoms with Crippen LogP contribution in [0.25, 0.3) is 10.9 Å². The van der Waals surface area contributed by atoms with Gasteiger partial charge in [0.25, 0.3) is 0 Å². The zero-order valence-electron chi connectivity index (χ0n) is 10.9. The van der Waals surface area contributed by atoms with Crippen molar-refractivity contribution >= 4 is 22.5 Å². The minimum absolute atomic E-state index is 0.128. The van der Waals surface area contributed by atoms with E-state index in [1.54, 1.807) is 6.20 Å². The lowest BCUT2D eigenvalue weighted by molar-refractivity contribution is -0.117. The van der Waals surface area contributed by atoms with Crippen LogP contribution in [0.15, 0.2) is 36.5 Å². The van der Waals surface area contributed by atoms with Gasteiger partial charge in [-0.2, -0.15) is 0 Å². The minimum Gasteiger partial charge on any atom is -0.325 e. The maximum Gasteiger partial charge on any atom is 0.224 e. The van der Waals surface area contributed by atoms with Crippen LogP contribution in [-0.2, 0) is 4.79 Å². The molecule has 3 rings (SSSR count). The van der Waals surface area contributed by atoms with Gasteiger partial charge in [-0.15, -0.1) is 0 Å². The first-order valence-electron chi connectivity index (χ1n) is 6.96. The Labute approximate surface area is 113 Å². The third kappa shape index (κ3) is 2.75. The molecule has 0 spiro atoms. The summed E-state index contributed by atoms with van der Waals surface area (Å²) in [6, 6.07) is 9.72. The summed E-state index contributed by atoms with van der Waals surface area (Å²) in [5.41, 5.74) is 1.79. The quantitative estimate of drug-likeness (QED) is 0.906. The lowest BCUT2D eigenvalue weighted by Crippen LogP contribution is -2.15. The Bertz CT molecular complexity index is 583. The largest absolute Gasteiger partial charge is 0.325 e. The van der Waals surface area contributed by atoms with Gasteiger partial charge in [0, 0.05) is 18.0 Å². The minimum atomic E-state index is 0.128. The molecule has 1 amide bonds. The van der Waals surface area contributed by atoms with Crippen molar-refractivity contribution in [2.45, 2.75) is 32.1 Å². The highest BCUT2D eigenvalue weighted by molar-refractivity contribution is 6.00. The maximum atomic E-state index is 12.1. The molecule has 1 aromatic carbocycles. The predicted octanol–water partition coefficient (Wildman–Crippen LogP) is 3.75. The average Bonchev–Trinajstić information content (AvgIpc) is 2.92. The number of benzene rings is 1. The second kappa shape index (κ2) is 5.39. The van der Waals surface area contributed by atoms with Crippen molar-refractivity contribution in [3.8, 4) is 0 Å². The van der Waals surface area contributed by atoms with Crippen molar-refractivity contribution < 1.29 is 4.79 Å². The molecule has 1 aliphatic rings. The Hall–Kier alpha value is -1.90. The maximum absolute atomic E-state index is 12.1. The van der Waals surface area contributed by atoms with Crippen LogP contribution >= 0.6 is 0 Å². The van der Waals surface area contributed by atoms with Crippen LogP contribution in [0.1, 0.15) is 32.1 Å². The molecule has 3 nitrogen and oxygen atoms in total. The normalized spacial score (nSPS) is 15.8. The highest BCUT2D eigenvalue weighted by atomic mass is 16.1. The number of pyridine rings is 1. The molecule has 0 saturated heterocycles. The van der Waals surface area contributed by atoms with E-state index in [4.69, 9.17) is 0 Å². The zero-order chi connectivity index (χ0) is 13.1. The van der Waals surface area contributed by atoms with Gasteiger partial charge in [-0.05, 0) is 43.0 Å². The van der Waals surface area contributed by atoms with E-state index in [0.717, 1.165) is 16.6 Å². The first-order chi connectivity index (χ1) is 9.33. The molecule has 1 aliphatic carbocycles. The van der Waals surface area contributed by atoms with E-state index in [1.165, 1.54) is 25.7 Å². The summed E-state index contributed by atoms with van der Waals surface area (Å²) < 4.78 is 0. The molecule has 1 N–H and O–H groups in total. The van der Waals surface area contributed by atoms with Crippen LogP contribution in [0.4, 0.5) is 5.69 Å². The molecule has 0 radical (unpaired) electrons. The van der Waals surface area contributed by atoms with Crippen LogP contribution in [0.5, 0.6) is 0 Å². The highest BCUT2D eigenvalue weighted by Crippen LogP contribution is 2.28. The van der Waals surface area contributed by atoms with Crippen LogP contribution < -0.4 is 5.32 Å². The molecule has 98 valence electrons. The van der Waals surface area contributed by atoms with Crippen molar-refractivity contribution in [2.75, 3.05) is 5.32 Å². The lowest BCUT2D eigenvalue weighted by atomic mass is 10.0. The van der Waals surface area contributed by atoms with Crippen LogP contribution in [0.3, 0.4) is 0 Å². The highest BCUT2D eigenvalue weighted by Gasteiger charge is 2.18. The van der Waals surface area contributed by atoms with E-state index < -0.39 is 0 Å². The number of carbonyl (C=O) groups is 1. The molecule has 0 atom stereocenters. The summed E-state index contributed by atoms with van der Waals surface area (Å²) in [5.74, 6) is 0.705. The van der Waals surface area contributed by atoms with Gasteiger partial charge >= 0.3 is 0 Å². The van der Waals surface area contributed by atoms with Crippen LogP contribution in [0.2, 0.25) is 0 Å². The number of hydrogen-bond acceptors (Lipinski definition) is 2. The smallest absolute Gasteiger partial charge is 0.224 e. The fourth-order valence-corrected chi connectivity index (χ4v) is 2.89. The summed E-state index contributed by atoms with van der Waals surface area (Å²) in [5, 5.41) is 4.04. The molecule has 2 aromatic rings. The van der Waals surface area contributed by atoms with Gasteiger partial charge in [0.2, 0.25) is 5.91 Å². The Morgan fingerprint density at radius 2 is 2.05 bits per heavy atom. The van der Waals surface area contributed by atoms with Crippen LogP contribution in [-0.4, -0.2) is 10.9 Å². The first kappa shape index (κ1) is 12.2. The van der Waals surface area contributed by atoms with Crippen molar-refractivity contribution in [1.82, 2.24) is 4.98 Å². The lowest BCUT2D eigenvalue weighted by Gasteiger charge is -2.11. The Kier molecular flexibility index (Phi) is 3.45. The second-order valence-corrected chi connectivity index (χ2v) is 5.28. The first-order valence-corrected chi connectivity index (χ1v) is 6.96. The van der Waals surface area contributed by atoms with E-state index in [1.807, 2.05) is 30.3 Å². The van der Waals surface area contributed by atoms with Gasteiger partial charge in [0.1, 0.15) is 0 Å². The summed E-state index contributed by atoms with van der Waals surface area (Å²) in [7, 11) is 0. The van der Waals surface area contributed by atoms with E-state index >= 15 is 0 Å². The molecule has 1 heterocycles. The Morgan fingerprint density at radius 3 is 2.89 bits per heavy atom. The van der Waals surface area contributed by atoms with Crippen molar-refractivity contribution in [2.24, 2.45) is 5.92 Å². The van der Waals surface area contributed by atoms with Crippen molar-refractivity contribution in [3.63, 3.8) is 0 Å². The fourth-order valence-electron chi connectivity index (χ4n) is 2.89. The van der Waals surface area contributed by atoms with E-state index in [0.29, 0.717) is 12.3 Å². The van der Waals surface area contributed by atoms with Gasteiger partial charge < -0.3 is 5.32 Å². The van der Waals surface area contributed by atoms with Gasteiger partial charge in [-0.3, -0.25) is 9.78 Å². The van der Waals surface area contributed by atoms with E-state index in [9.17, 15) is 4.79 Å². The van der Waals surface area contributed by atoms with Crippen molar-refractivity contribution in [3.05, 3.63) is 36.5 Å². The molecule has 1 saturated carbocycles. The Balaban J connectivity index is 1.75. The molecule has 19 heavy (non-hydrogen) atoms. The average molecular weight is 254 g/mol. The van der Waals surface area contributed by atoms with Gasteiger partial charge in [-0.25, -0.2) is 0 Å². The molecule has 1 fully saturated rings. The summed E-state index contributed by atoms with van der Waals surface area (Å²) in [6.45, 7) is 0. The predicted molar refractivity (Wildman–Crippen MR) is 76.9 cm³/mol. The number of aromatic nitrogens is 1. The number of nitrogens with one attached hydrogen (secondary N) is 1. The van der Waals surface area contributed by atoms with Gasteiger partial charge in [0.05, 0.1) is 11.2 Å². The molecule has 0 bridgehead atoms. The standard InChI is InChI=1S/C16H18N2O/c19-16(11-12-5-1-2-6-12)18-15-9-3-8-14-13(15)7-4-10-17-14/h3-4,7-10,12H,1-2,5-6,11H2,(H,18,19). The molecule has 3 heteroatoms. The number of hydrogen-bond donors (Lipinski definition) is 1. The number of nitrogens with zero attached hydrogens (tertiary/aromatic N) is 1. The SMILES string of the molecule is O=C(CC1CCCC1)Nc1cccc2ncccc12. The topological polar surface area (TPSA) is 42.0 Å². The van der Waals surface area contributed by atoms with Crippen LogP contribution in [0, 0.1) is 5.92 Å². The summed E-state index contributed by atoms with van der Waals surface area (Å²) in [6.07, 6.45) is 7.37. The number of carbonyl (C=O) groups excluding carboxylic acids is 1.